The summed E-state index contributed by atoms with van der Waals surface area (Å²) < 4.78 is 25.8. The summed E-state index contributed by atoms with van der Waals surface area (Å²) in [5.74, 6) is -2.10. The van der Waals surface area contributed by atoms with Gasteiger partial charge in [0.1, 0.15) is 5.41 Å². The van der Waals surface area contributed by atoms with Crippen molar-refractivity contribution in [3.63, 3.8) is 0 Å². The molecule has 0 radical (unpaired) electrons. The van der Waals surface area contributed by atoms with E-state index in [4.69, 9.17) is 5.26 Å². The molecule has 0 unspecified atom stereocenters. The molecular weight excluding hydrogens is 238 g/mol. The molecule has 1 amide bonds. The van der Waals surface area contributed by atoms with E-state index in [2.05, 4.69) is 0 Å². The van der Waals surface area contributed by atoms with Crippen LogP contribution in [0.4, 0.5) is 8.78 Å². The van der Waals surface area contributed by atoms with Crippen molar-refractivity contribution in [3.05, 3.63) is 35.4 Å². The van der Waals surface area contributed by atoms with Crippen molar-refractivity contribution < 1.29 is 13.6 Å². The number of halogens is 2. The van der Waals surface area contributed by atoms with Crippen LogP contribution in [0.2, 0.25) is 0 Å². The zero-order valence-corrected chi connectivity index (χ0v) is 9.91. The van der Waals surface area contributed by atoms with Gasteiger partial charge in [-0.2, -0.15) is 5.26 Å². The Hall–Kier alpha value is -1.96. The molecule has 0 atom stereocenters. The summed E-state index contributed by atoms with van der Waals surface area (Å²) in [7, 11) is 1.56. The van der Waals surface area contributed by atoms with Gasteiger partial charge in [0.15, 0.2) is 11.6 Å². The topological polar surface area (TPSA) is 44.1 Å². The van der Waals surface area contributed by atoms with E-state index in [-0.39, 0.29) is 12.5 Å². The van der Waals surface area contributed by atoms with Gasteiger partial charge in [-0.3, -0.25) is 4.79 Å². The van der Waals surface area contributed by atoms with Gasteiger partial charge >= 0.3 is 0 Å². The summed E-state index contributed by atoms with van der Waals surface area (Å²) in [4.78, 5) is 13.3. The minimum absolute atomic E-state index is 0.166. The van der Waals surface area contributed by atoms with Crippen molar-refractivity contribution in [2.24, 2.45) is 5.41 Å². The Bertz CT molecular complexity index is 532. The maximum Gasteiger partial charge on any atom is 0.243 e. The Kier molecular flexibility index (Phi) is 3.04. The highest BCUT2D eigenvalue weighted by Crippen LogP contribution is 2.46. The van der Waals surface area contributed by atoms with E-state index in [1.54, 1.807) is 7.05 Å². The number of nitrogens with zero attached hydrogens (tertiary/aromatic N) is 2. The van der Waals surface area contributed by atoms with Crippen LogP contribution in [0.1, 0.15) is 18.4 Å². The van der Waals surface area contributed by atoms with E-state index >= 15 is 0 Å². The molecule has 1 aromatic rings. The fraction of sp³-hybridized carbons (Fsp3) is 0.385. The van der Waals surface area contributed by atoms with Crippen LogP contribution in [-0.2, 0) is 11.3 Å². The monoisotopic (exact) mass is 250 g/mol. The molecule has 0 heterocycles. The fourth-order valence-corrected chi connectivity index (χ4v) is 1.85. The average molecular weight is 250 g/mol. The third-order valence-electron chi connectivity index (χ3n) is 3.12. The first kappa shape index (κ1) is 12.5. The van der Waals surface area contributed by atoms with Gasteiger partial charge in [0, 0.05) is 13.6 Å². The van der Waals surface area contributed by atoms with E-state index in [0.717, 1.165) is 12.1 Å². The molecule has 3 nitrogen and oxygen atoms in total. The van der Waals surface area contributed by atoms with E-state index in [9.17, 15) is 13.6 Å². The lowest BCUT2D eigenvalue weighted by molar-refractivity contribution is -0.134. The summed E-state index contributed by atoms with van der Waals surface area (Å²) in [6.45, 7) is 0.166. The number of benzene rings is 1. The van der Waals surface area contributed by atoms with Gasteiger partial charge in [0.25, 0.3) is 0 Å². The van der Waals surface area contributed by atoms with Crippen molar-refractivity contribution in [1.29, 1.82) is 5.26 Å². The Morgan fingerprint density at radius 3 is 2.61 bits per heavy atom. The van der Waals surface area contributed by atoms with E-state index in [0.29, 0.717) is 18.4 Å². The molecule has 1 saturated carbocycles. The van der Waals surface area contributed by atoms with Crippen molar-refractivity contribution in [3.8, 4) is 6.07 Å². The van der Waals surface area contributed by atoms with Crippen LogP contribution < -0.4 is 0 Å². The molecule has 1 aliphatic rings. The van der Waals surface area contributed by atoms with E-state index < -0.39 is 17.0 Å². The average Bonchev–Trinajstić information content (AvgIpc) is 3.14. The molecule has 0 spiro atoms. The summed E-state index contributed by atoms with van der Waals surface area (Å²) in [5.41, 5.74) is -0.383. The van der Waals surface area contributed by atoms with Gasteiger partial charge in [-0.05, 0) is 30.5 Å². The summed E-state index contributed by atoms with van der Waals surface area (Å²) in [6.07, 6.45) is 1.15. The van der Waals surface area contributed by atoms with Gasteiger partial charge in [-0.1, -0.05) is 6.07 Å². The standard InChI is InChI=1S/C13H12F2N2O/c1-17(12(18)13(8-16)4-5-13)7-9-2-3-10(14)11(15)6-9/h2-3,6H,4-5,7H2,1H3. The summed E-state index contributed by atoms with van der Waals surface area (Å²) in [6, 6.07) is 5.53. The van der Waals surface area contributed by atoms with Crippen molar-refractivity contribution in [2.75, 3.05) is 7.05 Å². The molecule has 0 saturated heterocycles. The molecule has 1 fully saturated rings. The maximum atomic E-state index is 13.0. The fourth-order valence-electron chi connectivity index (χ4n) is 1.85. The van der Waals surface area contributed by atoms with Crippen LogP contribution >= 0.6 is 0 Å². The SMILES string of the molecule is CN(Cc1ccc(F)c(F)c1)C(=O)C1(C#N)CC1. The highest BCUT2D eigenvalue weighted by Gasteiger charge is 2.51. The molecular formula is C13H12F2N2O. The van der Waals surface area contributed by atoms with Crippen molar-refractivity contribution >= 4 is 5.91 Å². The van der Waals surface area contributed by atoms with Gasteiger partial charge < -0.3 is 4.90 Å². The second-order valence-electron chi connectivity index (χ2n) is 4.60. The van der Waals surface area contributed by atoms with E-state index in [1.165, 1.54) is 11.0 Å². The Morgan fingerprint density at radius 2 is 2.11 bits per heavy atom. The predicted molar refractivity (Wildman–Crippen MR) is 60.1 cm³/mol. The minimum Gasteiger partial charge on any atom is -0.340 e. The number of rotatable bonds is 3. The summed E-state index contributed by atoms with van der Waals surface area (Å²) in [5, 5.41) is 8.92. The number of nitriles is 1. The third kappa shape index (κ3) is 2.19. The second kappa shape index (κ2) is 4.37. The summed E-state index contributed by atoms with van der Waals surface area (Å²) >= 11 is 0. The third-order valence-corrected chi connectivity index (χ3v) is 3.12. The molecule has 0 N–H and O–H groups in total. The molecule has 94 valence electrons. The first-order chi connectivity index (χ1) is 8.48. The predicted octanol–water partition coefficient (Wildman–Crippen LogP) is 2.23. The van der Waals surface area contributed by atoms with Gasteiger partial charge in [0.05, 0.1) is 6.07 Å². The lowest BCUT2D eigenvalue weighted by Crippen LogP contribution is -2.33. The van der Waals surface area contributed by atoms with Crippen LogP contribution in [0.3, 0.4) is 0 Å². The molecule has 18 heavy (non-hydrogen) atoms. The Morgan fingerprint density at radius 1 is 1.44 bits per heavy atom. The second-order valence-corrected chi connectivity index (χ2v) is 4.60. The van der Waals surface area contributed by atoms with Crippen LogP contribution in [0, 0.1) is 28.4 Å². The van der Waals surface area contributed by atoms with Gasteiger partial charge in [-0.15, -0.1) is 0 Å². The van der Waals surface area contributed by atoms with Crippen LogP contribution in [-0.4, -0.2) is 17.9 Å². The number of hydrogen-bond donors (Lipinski definition) is 0. The van der Waals surface area contributed by atoms with Crippen molar-refractivity contribution in [2.45, 2.75) is 19.4 Å². The van der Waals surface area contributed by atoms with Gasteiger partial charge in [-0.25, -0.2) is 8.78 Å². The molecule has 0 aliphatic heterocycles. The normalized spacial score (nSPS) is 15.9. The highest BCUT2D eigenvalue weighted by molar-refractivity contribution is 5.88. The number of carbonyl (C=O) groups excluding carboxylic acids is 1. The van der Waals surface area contributed by atoms with Crippen LogP contribution in [0.15, 0.2) is 18.2 Å². The number of hydrogen-bond acceptors (Lipinski definition) is 2. The van der Waals surface area contributed by atoms with Crippen LogP contribution in [0.25, 0.3) is 0 Å². The zero-order chi connectivity index (χ0) is 13.3. The van der Waals surface area contributed by atoms with Gasteiger partial charge in [0.2, 0.25) is 5.91 Å². The quantitative estimate of drug-likeness (QED) is 0.825. The molecule has 2 rings (SSSR count). The lowest BCUT2D eigenvalue weighted by atomic mass is 10.1. The first-order valence-electron chi connectivity index (χ1n) is 5.59. The van der Waals surface area contributed by atoms with Crippen molar-refractivity contribution in [1.82, 2.24) is 4.90 Å². The smallest absolute Gasteiger partial charge is 0.243 e. The minimum atomic E-state index is -0.935. The zero-order valence-electron chi connectivity index (χ0n) is 9.91. The first-order valence-corrected chi connectivity index (χ1v) is 5.59. The molecule has 0 aromatic heterocycles. The number of carbonyl (C=O) groups is 1. The molecule has 0 bridgehead atoms. The molecule has 1 aromatic carbocycles. The van der Waals surface area contributed by atoms with Crippen LogP contribution in [0.5, 0.6) is 0 Å². The highest BCUT2D eigenvalue weighted by atomic mass is 19.2. The maximum absolute atomic E-state index is 13.0. The molecule has 1 aliphatic carbocycles. The Balaban J connectivity index is 2.08. The lowest BCUT2D eigenvalue weighted by Gasteiger charge is -2.19. The number of amides is 1. The van der Waals surface area contributed by atoms with E-state index in [1.807, 2.05) is 6.07 Å². The molecule has 5 heteroatoms. The largest absolute Gasteiger partial charge is 0.340 e. The Labute approximate surface area is 104 Å².